The van der Waals surface area contributed by atoms with Crippen molar-refractivity contribution in [3.63, 3.8) is 0 Å². The first kappa shape index (κ1) is 13.3. The van der Waals surface area contributed by atoms with Crippen LogP contribution in [0.15, 0.2) is 42.6 Å². The summed E-state index contributed by atoms with van der Waals surface area (Å²) in [6.45, 7) is 4.86. The van der Waals surface area contributed by atoms with Crippen LogP contribution in [0, 0.1) is 5.92 Å². The highest BCUT2D eigenvalue weighted by Gasteiger charge is 2.23. The number of hydrogen-bond acceptors (Lipinski definition) is 3. The summed E-state index contributed by atoms with van der Waals surface area (Å²) in [6, 6.07) is 12.2. The zero-order chi connectivity index (χ0) is 13.8. The lowest BCUT2D eigenvalue weighted by Gasteiger charge is -2.13. The normalized spacial score (nSPS) is 22.2. The average Bonchev–Trinajstić information content (AvgIpc) is 3.10. The second-order valence-corrected chi connectivity index (χ2v) is 5.34. The number of nitrogens with zero attached hydrogens (tertiary/aromatic N) is 2. The van der Waals surface area contributed by atoms with Gasteiger partial charge in [-0.25, -0.2) is 4.68 Å². The third kappa shape index (κ3) is 3.08. The Labute approximate surface area is 119 Å². The highest BCUT2D eigenvalue weighted by Crippen LogP contribution is 2.19. The van der Waals surface area contributed by atoms with Crippen molar-refractivity contribution in [3.8, 4) is 5.69 Å². The van der Waals surface area contributed by atoms with Gasteiger partial charge in [0.2, 0.25) is 0 Å². The van der Waals surface area contributed by atoms with Gasteiger partial charge in [0.05, 0.1) is 17.5 Å². The van der Waals surface area contributed by atoms with E-state index in [0.717, 1.165) is 37.5 Å². The highest BCUT2D eigenvalue weighted by molar-refractivity contribution is 5.30. The quantitative estimate of drug-likeness (QED) is 0.907. The Morgan fingerprint density at radius 3 is 2.90 bits per heavy atom. The van der Waals surface area contributed by atoms with Gasteiger partial charge in [0.25, 0.3) is 0 Å². The van der Waals surface area contributed by atoms with Crippen molar-refractivity contribution >= 4 is 0 Å². The first-order valence-corrected chi connectivity index (χ1v) is 7.25. The molecule has 0 saturated carbocycles. The van der Waals surface area contributed by atoms with Gasteiger partial charge in [-0.2, -0.15) is 5.10 Å². The van der Waals surface area contributed by atoms with Gasteiger partial charge in [-0.3, -0.25) is 0 Å². The summed E-state index contributed by atoms with van der Waals surface area (Å²) in [5.41, 5.74) is 2.16. The Balaban J connectivity index is 1.53. The predicted octanol–water partition coefficient (Wildman–Crippen LogP) is 2.39. The van der Waals surface area contributed by atoms with Crippen molar-refractivity contribution in [1.29, 1.82) is 0 Å². The number of hydrogen-bond donors (Lipinski definition) is 1. The molecule has 1 saturated heterocycles. The monoisotopic (exact) mass is 271 g/mol. The van der Waals surface area contributed by atoms with Crippen LogP contribution in [0.1, 0.15) is 19.0 Å². The Morgan fingerprint density at radius 2 is 2.15 bits per heavy atom. The first-order chi connectivity index (χ1) is 9.83. The van der Waals surface area contributed by atoms with Gasteiger partial charge in [0.1, 0.15) is 0 Å². The molecule has 1 aliphatic heterocycles. The van der Waals surface area contributed by atoms with Gasteiger partial charge in [0.15, 0.2) is 0 Å². The van der Waals surface area contributed by atoms with E-state index in [0.29, 0.717) is 12.0 Å². The molecule has 4 nitrogen and oxygen atoms in total. The largest absolute Gasteiger partial charge is 0.378 e. The van der Waals surface area contributed by atoms with Gasteiger partial charge in [-0.15, -0.1) is 0 Å². The highest BCUT2D eigenvalue weighted by atomic mass is 16.5. The third-order valence-corrected chi connectivity index (χ3v) is 3.91. The second kappa shape index (κ2) is 6.20. The van der Waals surface area contributed by atoms with Crippen molar-refractivity contribution < 1.29 is 4.74 Å². The smallest absolute Gasteiger partial charge is 0.0766 e. The van der Waals surface area contributed by atoms with Gasteiger partial charge in [-0.05, 0) is 37.5 Å². The van der Waals surface area contributed by atoms with Crippen molar-refractivity contribution in [2.24, 2.45) is 5.92 Å². The summed E-state index contributed by atoms with van der Waals surface area (Å²) in [7, 11) is 0. The molecule has 1 fully saturated rings. The second-order valence-electron chi connectivity index (χ2n) is 5.34. The molecule has 1 N–H and O–H groups in total. The Kier molecular flexibility index (Phi) is 4.14. The average molecular weight is 271 g/mol. The number of aromatic nitrogens is 2. The van der Waals surface area contributed by atoms with Crippen LogP contribution in [0.25, 0.3) is 5.69 Å². The molecule has 2 aromatic rings. The third-order valence-electron chi connectivity index (χ3n) is 3.91. The predicted molar refractivity (Wildman–Crippen MR) is 78.8 cm³/mol. The van der Waals surface area contributed by atoms with Crippen LogP contribution in [0.3, 0.4) is 0 Å². The maximum Gasteiger partial charge on any atom is 0.0766 e. The number of para-hydroxylation sites is 1. The Hall–Kier alpha value is -1.65. The van der Waals surface area contributed by atoms with Crippen molar-refractivity contribution in [1.82, 2.24) is 15.1 Å². The molecule has 2 heterocycles. The fraction of sp³-hybridized carbons (Fsp3) is 0.438. The standard InChI is InChI=1S/C16H21N3O/c1-13-14(8-10-20-13)11-17-12-15-7-9-19(18-15)16-5-3-2-4-6-16/h2-7,9,13-14,17H,8,10-12H2,1H3. The zero-order valence-electron chi connectivity index (χ0n) is 11.8. The summed E-state index contributed by atoms with van der Waals surface area (Å²) in [6.07, 6.45) is 3.55. The summed E-state index contributed by atoms with van der Waals surface area (Å²) < 4.78 is 7.49. The first-order valence-electron chi connectivity index (χ1n) is 7.25. The molecule has 2 unspecified atom stereocenters. The number of rotatable bonds is 5. The molecule has 0 aliphatic carbocycles. The molecule has 0 bridgehead atoms. The fourth-order valence-electron chi connectivity index (χ4n) is 2.61. The molecule has 3 rings (SSSR count). The molecule has 1 aliphatic rings. The molecule has 106 valence electrons. The van der Waals surface area contributed by atoms with E-state index in [9.17, 15) is 0 Å². The van der Waals surface area contributed by atoms with Crippen molar-refractivity contribution in [3.05, 3.63) is 48.3 Å². The van der Waals surface area contributed by atoms with E-state index in [1.54, 1.807) is 0 Å². The molecular formula is C16H21N3O. The number of benzene rings is 1. The zero-order valence-corrected chi connectivity index (χ0v) is 11.8. The minimum atomic E-state index is 0.379. The van der Waals surface area contributed by atoms with E-state index in [1.165, 1.54) is 0 Å². The van der Waals surface area contributed by atoms with Gasteiger partial charge in [0, 0.05) is 25.9 Å². The van der Waals surface area contributed by atoms with E-state index in [2.05, 4.69) is 35.5 Å². The van der Waals surface area contributed by atoms with Crippen LogP contribution >= 0.6 is 0 Å². The van der Waals surface area contributed by atoms with Gasteiger partial charge >= 0.3 is 0 Å². The SMILES string of the molecule is CC1OCCC1CNCc1ccn(-c2ccccc2)n1. The van der Waals surface area contributed by atoms with Crippen LogP contribution in [0.2, 0.25) is 0 Å². The lowest BCUT2D eigenvalue weighted by Crippen LogP contribution is -2.26. The van der Waals surface area contributed by atoms with Gasteiger partial charge < -0.3 is 10.1 Å². The van der Waals surface area contributed by atoms with Crippen LogP contribution in [0.5, 0.6) is 0 Å². The van der Waals surface area contributed by atoms with E-state index in [1.807, 2.05) is 29.1 Å². The van der Waals surface area contributed by atoms with Crippen LogP contribution in [-0.2, 0) is 11.3 Å². The molecule has 0 amide bonds. The summed E-state index contributed by atoms with van der Waals surface area (Å²) in [5.74, 6) is 0.631. The van der Waals surface area contributed by atoms with Crippen LogP contribution in [-0.4, -0.2) is 29.0 Å². The molecule has 2 atom stereocenters. The molecule has 20 heavy (non-hydrogen) atoms. The molecule has 1 aromatic heterocycles. The van der Waals surface area contributed by atoms with E-state index >= 15 is 0 Å². The molecule has 4 heteroatoms. The summed E-state index contributed by atoms with van der Waals surface area (Å²) in [5, 5.41) is 8.07. The van der Waals surface area contributed by atoms with Crippen LogP contribution < -0.4 is 5.32 Å². The minimum Gasteiger partial charge on any atom is -0.378 e. The molecule has 0 radical (unpaired) electrons. The Morgan fingerprint density at radius 1 is 1.30 bits per heavy atom. The fourth-order valence-corrected chi connectivity index (χ4v) is 2.61. The van der Waals surface area contributed by atoms with Crippen molar-refractivity contribution in [2.75, 3.05) is 13.2 Å². The lowest BCUT2D eigenvalue weighted by molar-refractivity contribution is 0.105. The number of ether oxygens (including phenoxy) is 1. The summed E-state index contributed by atoms with van der Waals surface area (Å²) >= 11 is 0. The van der Waals surface area contributed by atoms with E-state index < -0.39 is 0 Å². The molecule has 0 spiro atoms. The minimum absolute atomic E-state index is 0.379. The van der Waals surface area contributed by atoms with Gasteiger partial charge in [-0.1, -0.05) is 18.2 Å². The molecule has 1 aromatic carbocycles. The maximum absolute atomic E-state index is 5.57. The maximum atomic E-state index is 5.57. The van der Waals surface area contributed by atoms with Crippen LogP contribution in [0.4, 0.5) is 0 Å². The lowest BCUT2D eigenvalue weighted by atomic mass is 10.0. The van der Waals surface area contributed by atoms with E-state index in [4.69, 9.17) is 4.74 Å². The van der Waals surface area contributed by atoms with E-state index in [-0.39, 0.29) is 0 Å². The molecular weight excluding hydrogens is 250 g/mol. The summed E-state index contributed by atoms with van der Waals surface area (Å²) in [4.78, 5) is 0. The topological polar surface area (TPSA) is 39.1 Å². The van der Waals surface area contributed by atoms with Crippen molar-refractivity contribution in [2.45, 2.75) is 26.0 Å². The number of nitrogens with one attached hydrogen (secondary N) is 1. The Bertz CT molecular complexity index is 538.